The van der Waals surface area contributed by atoms with Crippen LogP contribution in [0.5, 0.6) is 23.0 Å². The van der Waals surface area contributed by atoms with E-state index >= 15 is 0 Å². The lowest BCUT2D eigenvalue weighted by Gasteiger charge is -2.19. The summed E-state index contributed by atoms with van der Waals surface area (Å²) in [5, 5.41) is 9.49. The van der Waals surface area contributed by atoms with Crippen molar-refractivity contribution in [2.75, 3.05) is 13.2 Å². The lowest BCUT2D eigenvalue weighted by atomic mass is 9.86. The normalized spacial score (nSPS) is 11.9. The Bertz CT molecular complexity index is 2100. The van der Waals surface area contributed by atoms with E-state index in [2.05, 4.69) is 20.8 Å². The molecule has 0 saturated heterocycles. The molecule has 52 heavy (non-hydrogen) atoms. The first-order chi connectivity index (χ1) is 25.1. The minimum absolute atomic E-state index is 0.0178. The van der Waals surface area contributed by atoms with E-state index in [-0.39, 0.29) is 30.2 Å². The van der Waals surface area contributed by atoms with Gasteiger partial charge in [0.2, 0.25) is 0 Å². The van der Waals surface area contributed by atoms with Crippen LogP contribution in [0.15, 0.2) is 146 Å². The second-order valence-electron chi connectivity index (χ2n) is 13.4. The lowest BCUT2D eigenvalue weighted by Crippen LogP contribution is -2.11. The first-order valence-corrected chi connectivity index (χ1v) is 17.0. The van der Waals surface area contributed by atoms with Gasteiger partial charge in [-0.2, -0.15) is 0 Å². The molecular formula is C45H39FO6. The zero-order valence-electron chi connectivity index (χ0n) is 29.2. The molecular weight excluding hydrogens is 655 g/mol. The molecule has 0 saturated carbocycles. The molecule has 6 aromatic carbocycles. The number of hydrogen-bond donors (Lipinski definition) is 1. The van der Waals surface area contributed by atoms with Crippen molar-refractivity contribution in [1.82, 2.24) is 0 Å². The van der Waals surface area contributed by atoms with Gasteiger partial charge in [-0.25, -0.2) is 4.39 Å². The van der Waals surface area contributed by atoms with Crippen molar-refractivity contribution in [2.24, 2.45) is 0 Å². The van der Waals surface area contributed by atoms with Gasteiger partial charge >= 0.3 is 0 Å². The number of halogens is 1. The zero-order valence-corrected chi connectivity index (χ0v) is 29.2. The van der Waals surface area contributed by atoms with Gasteiger partial charge < -0.3 is 19.3 Å². The van der Waals surface area contributed by atoms with Crippen LogP contribution in [-0.4, -0.2) is 29.9 Å². The summed E-state index contributed by atoms with van der Waals surface area (Å²) in [4.78, 5) is 25.8. The van der Waals surface area contributed by atoms with E-state index in [9.17, 15) is 19.1 Å². The Balaban J connectivity index is 1.08. The van der Waals surface area contributed by atoms with Crippen molar-refractivity contribution in [2.45, 2.75) is 32.3 Å². The predicted octanol–water partition coefficient (Wildman–Crippen LogP) is 10.3. The van der Waals surface area contributed by atoms with Crippen LogP contribution >= 0.6 is 0 Å². The maximum atomic E-state index is 13.2. The van der Waals surface area contributed by atoms with Crippen LogP contribution in [-0.2, 0) is 10.2 Å². The number of carbonyl (C=O) groups excluding carboxylic acids is 2. The monoisotopic (exact) mass is 694 g/mol. The van der Waals surface area contributed by atoms with Crippen molar-refractivity contribution >= 4 is 11.6 Å². The summed E-state index contributed by atoms with van der Waals surface area (Å²) in [6.07, 6.45) is -0.449. The molecule has 0 bridgehead atoms. The Morgan fingerprint density at radius 2 is 0.865 bits per heavy atom. The Morgan fingerprint density at radius 1 is 0.538 bits per heavy atom. The standard InChI is InChI=1S/C45H39FO6/c1-45(2,3)36-16-4-30(5-17-36)42(48)32-8-20-38(21-9-32)51-40-24-12-34(13-25-40)44(50-29-28-47)35-14-26-41(27-15-35)52-39-22-10-33(11-23-39)43(49)31-6-18-37(46)19-7-31/h4-27,44,47H,28-29H2,1-3H3/t44-/m1/s1. The molecule has 7 heteroatoms. The summed E-state index contributed by atoms with van der Waals surface area (Å²) in [7, 11) is 0. The first-order valence-electron chi connectivity index (χ1n) is 17.0. The van der Waals surface area contributed by atoms with Crippen LogP contribution in [0, 0.1) is 5.82 Å². The Kier molecular flexibility index (Phi) is 11.0. The number of ketones is 2. The van der Waals surface area contributed by atoms with Gasteiger partial charge in [0.25, 0.3) is 0 Å². The maximum absolute atomic E-state index is 13.2. The van der Waals surface area contributed by atoms with Crippen molar-refractivity contribution < 1.29 is 33.3 Å². The number of carbonyl (C=O) groups is 2. The van der Waals surface area contributed by atoms with Gasteiger partial charge in [-0.05, 0) is 119 Å². The highest BCUT2D eigenvalue weighted by Gasteiger charge is 2.17. The molecule has 0 fully saturated rings. The molecule has 6 aromatic rings. The first kappa shape index (κ1) is 35.9. The summed E-state index contributed by atoms with van der Waals surface area (Å²) < 4.78 is 31.4. The van der Waals surface area contributed by atoms with Crippen molar-refractivity contribution in [3.05, 3.63) is 190 Å². The smallest absolute Gasteiger partial charge is 0.193 e. The summed E-state index contributed by atoms with van der Waals surface area (Å²) in [5.41, 5.74) is 5.03. The third-order valence-electron chi connectivity index (χ3n) is 8.57. The minimum atomic E-state index is -0.449. The Hall–Kier alpha value is -5.89. The van der Waals surface area contributed by atoms with E-state index in [0.717, 1.165) is 11.1 Å². The molecule has 1 atom stereocenters. The van der Waals surface area contributed by atoms with Crippen LogP contribution in [0.25, 0.3) is 0 Å². The number of aliphatic hydroxyl groups excluding tert-OH is 1. The Morgan fingerprint density at radius 3 is 1.21 bits per heavy atom. The van der Waals surface area contributed by atoms with Gasteiger partial charge in [0.05, 0.1) is 13.2 Å². The average Bonchev–Trinajstić information content (AvgIpc) is 3.16. The quantitative estimate of drug-likeness (QED) is 0.121. The second kappa shape index (κ2) is 16.0. The minimum Gasteiger partial charge on any atom is -0.457 e. The molecule has 0 aliphatic heterocycles. The fraction of sp³-hybridized carbons (Fsp3) is 0.156. The SMILES string of the molecule is CC(C)(C)c1ccc(C(=O)c2ccc(Oc3ccc([C@@H](OCCO)c4ccc(Oc5ccc(C(=O)c6ccc(F)cc6)cc5)cc4)cc3)cc2)cc1. The summed E-state index contributed by atoms with van der Waals surface area (Å²) >= 11 is 0. The highest BCUT2D eigenvalue weighted by atomic mass is 19.1. The molecule has 0 amide bonds. The molecule has 0 aliphatic rings. The van der Waals surface area contributed by atoms with Crippen LogP contribution in [0.2, 0.25) is 0 Å². The molecule has 262 valence electrons. The van der Waals surface area contributed by atoms with Gasteiger partial charge in [0, 0.05) is 22.3 Å². The molecule has 0 unspecified atom stereocenters. The second-order valence-corrected chi connectivity index (χ2v) is 13.4. The molecule has 1 N–H and O–H groups in total. The molecule has 0 radical (unpaired) electrons. The molecule has 0 aromatic heterocycles. The average molecular weight is 695 g/mol. The molecule has 0 heterocycles. The van der Waals surface area contributed by atoms with E-state index in [4.69, 9.17) is 14.2 Å². The lowest BCUT2D eigenvalue weighted by molar-refractivity contribution is 0.0501. The van der Waals surface area contributed by atoms with Crippen LogP contribution in [0.1, 0.15) is 75.4 Å². The number of benzene rings is 6. The van der Waals surface area contributed by atoms with Gasteiger partial charge in [0.1, 0.15) is 34.9 Å². The van der Waals surface area contributed by atoms with E-state index in [1.807, 2.05) is 72.8 Å². The van der Waals surface area contributed by atoms with Crippen LogP contribution in [0.4, 0.5) is 4.39 Å². The van der Waals surface area contributed by atoms with Crippen molar-refractivity contribution in [3.63, 3.8) is 0 Å². The summed E-state index contributed by atoms with van der Waals surface area (Å²) in [6, 6.07) is 42.0. The highest BCUT2D eigenvalue weighted by Crippen LogP contribution is 2.32. The topological polar surface area (TPSA) is 82.1 Å². The molecule has 6 nitrogen and oxygen atoms in total. The number of ether oxygens (including phenoxy) is 3. The van der Waals surface area contributed by atoms with Gasteiger partial charge in [-0.15, -0.1) is 0 Å². The van der Waals surface area contributed by atoms with Crippen LogP contribution in [0.3, 0.4) is 0 Å². The predicted molar refractivity (Wildman–Crippen MR) is 199 cm³/mol. The largest absolute Gasteiger partial charge is 0.457 e. The maximum Gasteiger partial charge on any atom is 0.193 e. The summed E-state index contributed by atoms with van der Waals surface area (Å²) in [5.74, 6) is 1.73. The number of rotatable bonds is 13. The third kappa shape index (κ3) is 8.87. The molecule has 0 aliphatic carbocycles. The van der Waals surface area contributed by atoms with Crippen molar-refractivity contribution in [1.29, 1.82) is 0 Å². The van der Waals surface area contributed by atoms with E-state index in [1.54, 1.807) is 48.5 Å². The van der Waals surface area contributed by atoms with Gasteiger partial charge in [-0.3, -0.25) is 9.59 Å². The van der Waals surface area contributed by atoms with Crippen LogP contribution < -0.4 is 9.47 Å². The van der Waals surface area contributed by atoms with E-state index in [0.29, 0.717) is 45.3 Å². The number of aliphatic hydroxyl groups is 1. The van der Waals surface area contributed by atoms with Gasteiger partial charge in [0.15, 0.2) is 11.6 Å². The fourth-order valence-electron chi connectivity index (χ4n) is 5.65. The molecule has 6 rings (SSSR count). The van der Waals surface area contributed by atoms with E-state index in [1.165, 1.54) is 29.8 Å². The zero-order chi connectivity index (χ0) is 36.7. The molecule has 0 spiro atoms. The van der Waals surface area contributed by atoms with E-state index < -0.39 is 11.9 Å². The van der Waals surface area contributed by atoms with Gasteiger partial charge in [-0.1, -0.05) is 69.3 Å². The van der Waals surface area contributed by atoms with Crippen molar-refractivity contribution in [3.8, 4) is 23.0 Å². The Labute approximate surface area is 303 Å². The summed E-state index contributed by atoms with van der Waals surface area (Å²) in [6.45, 7) is 6.45. The third-order valence-corrected chi connectivity index (χ3v) is 8.57. The number of hydrogen-bond acceptors (Lipinski definition) is 6. The highest BCUT2D eigenvalue weighted by molar-refractivity contribution is 6.09. The fourth-order valence-corrected chi connectivity index (χ4v) is 5.65.